The number of nitrogens with one attached hydrogen (secondary N) is 1. The average Bonchev–Trinajstić information content (AvgIpc) is 3.33. The van der Waals surface area contributed by atoms with Crippen LogP contribution in [0.2, 0.25) is 0 Å². The van der Waals surface area contributed by atoms with Crippen LogP contribution in [0.15, 0.2) is 54.7 Å². The Labute approximate surface area is 205 Å². The van der Waals surface area contributed by atoms with Gasteiger partial charge >= 0.3 is 12.1 Å². The Kier molecular flexibility index (Phi) is 5.92. The van der Waals surface area contributed by atoms with Gasteiger partial charge in [0.15, 0.2) is 11.9 Å². The molecule has 1 saturated heterocycles. The summed E-state index contributed by atoms with van der Waals surface area (Å²) in [5.41, 5.74) is 0.852. The number of carbonyl (C=O) groups is 2. The standard InChI is InChI=1S/C24H17F5N4O4/c25-23(26)8-9-33(21(34)15-6-3-5-14-11-30-32-19(14)15)12-18(23)37-20-17(36-22(35)24(27,28)29)10-13-4-1-2-7-16(13)31-20/h1-7,10-11,18H,8-9,12H2,(H,30,32). The molecule has 37 heavy (non-hydrogen) atoms. The number of aromatic amines is 1. The quantitative estimate of drug-likeness (QED) is 0.314. The van der Waals surface area contributed by atoms with Gasteiger partial charge in [0.05, 0.1) is 29.3 Å². The molecule has 2 aromatic heterocycles. The van der Waals surface area contributed by atoms with Crippen LogP contribution in [0.4, 0.5) is 22.0 Å². The van der Waals surface area contributed by atoms with Gasteiger partial charge < -0.3 is 14.4 Å². The number of likely N-dealkylation sites (tertiary alicyclic amines) is 1. The van der Waals surface area contributed by atoms with Gasteiger partial charge in [0.25, 0.3) is 17.7 Å². The number of hydrogen-bond donors (Lipinski definition) is 1. The normalized spacial score (nSPS) is 17.6. The van der Waals surface area contributed by atoms with Gasteiger partial charge in [-0.25, -0.2) is 18.6 Å². The lowest BCUT2D eigenvalue weighted by molar-refractivity contribution is -0.190. The Hall–Kier alpha value is -4.29. The average molecular weight is 520 g/mol. The van der Waals surface area contributed by atoms with Gasteiger partial charge in [-0.2, -0.15) is 18.3 Å². The third kappa shape index (κ3) is 4.76. The molecule has 1 aliphatic heterocycles. The summed E-state index contributed by atoms with van der Waals surface area (Å²) >= 11 is 0. The van der Waals surface area contributed by atoms with Crippen molar-refractivity contribution < 1.29 is 41.0 Å². The molecule has 1 aliphatic rings. The molecule has 2 aromatic carbocycles. The first-order chi connectivity index (χ1) is 17.5. The molecule has 1 atom stereocenters. The molecule has 0 bridgehead atoms. The molecule has 0 spiro atoms. The number of piperidine rings is 1. The molecule has 1 unspecified atom stereocenters. The van der Waals surface area contributed by atoms with E-state index in [1.165, 1.54) is 24.4 Å². The van der Waals surface area contributed by atoms with Gasteiger partial charge in [0, 0.05) is 23.7 Å². The zero-order valence-electron chi connectivity index (χ0n) is 18.8. The van der Waals surface area contributed by atoms with E-state index in [0.29, 0.717) is 16.3 Å². The second-order valence-corrected chi connectivity index (χ2v) is 8.38. The lowest BCUT2D eigenvalue weighted by Crippen LogP contribution is -2.55. The van der Waals surface area contributed by atoms with Gasteiger partial charge in [-0.1, -0.05) is 30.3 Å². The van der Waals surface area contributed by atoms with Crippen molar-refractivity contribution in [2.75, 3.05) is 13.1 Å². The van der Waals surface area contributed by atoms with E-state index in [0.717, 1.165) is 11.0 Å². The maximum absolute atomic E-state index is 14.9. The molecule has 1 N–H and O–H groups in total. The number of H-pyrrole nitrogens is 1. The largest absolute Gasteiger partial charge is 0.491 e. The molecule has 13 heteroatoms. The highest BCUT2D eigenvalue weighted by atomic mass is 19.4. The Morgan fingerprint density at radius 2 is 1.84 bits per heavy atom. The smallest absolute Gasteiger partial charge is 0.463 e. The van der Waals surface area contributed by atoms with Crippen molar-refractivity contribution in [1.29, 1.82) is 0 Å². The fourth-order valence-electron chi connectivity index (χ4n) is 4.02. The zero-order chi connectivity index (χ0) is 26.4. The summed E-state index contributed by atoms with van der Waals surface area (Å²) < 4.78 is 78.1. The van der Waals surface area contributed by atoms with Crippen molar-refractivity contribution in [3.63, 3.8) is 0 Å². The fourth-order valence-corrected chi connectivity index (χ4v) is 4.02. The van der Waals surface area contributed by atoms with E-state index < -0.39 is 54.7 Å². The number of para-hydroxylation sites is 2. The van der Waals surface area contributed by atoms with Crippen LogP contribution in [0.25, 0.3) is 21.8 Å². The number of hydrogen-bond acceptors (Lipinski definition) is 6. The van der Waals surface area contributed by atoms with Crippen LogP contribution in [0, 0.1) is 0 Å². The van der Waals surface area contributed by atoms with Gasteiger partial charge in [-0.05, 0) is 18.2 Å². The van der Waals surface area contributed by atoms with Gasteiger partial charge in [0.2, 0.25) is 0 Å². The topological polar surface area (TPSA) is 97.4 Å². The summed E-state index contributed by atoms with van der Waals surface area (Å²) in [5.74, 6) is -8.09. The molecule has 0 radical (unpaired) electrons. The summed E-state index contributed by atoms with van der Waals surface area (Å²) in [4.78, 5) is 29.8. The molecule has 3 heterocycles. The first-order valence-corrected chi connectivity index (χ1v) is 11.0. The number of esters is 1. The van der Waals surface area contributed by atoms with E-state index in [1.807, 2.05) is 0 Å². The SMILES string of the molecule is O=C(c1cccc2cn[nH]c12)N1CCC(F)(F)C(Oc2nc3ccccc3cc2OC(=O)C(F)(F)F)C1. The number of alkyl halides is 5. The van der Waals surface area contributed by atoms with E-state index in [-0.39, 0.29) is 17.6 Å². The van der Waals surface area contributed by atoms with E-state index in [4.69, 9.17) is 4.74 Å². The number of rotatable bonds is 4. The number of ether oxygens (including phenoxy) is 2. The van der Waals surface area contributed by atoms with Gasteiger partial charge in [-0.3, -0.25) is 9.89 Å². The minimum Gasteiger partial charge on any atom is -0.463 e. The molecular weight excluding hydrogens is 503 g/mol. The van der Waals surface area contributed by atoms with E-state index in [1.54, 1.807) is 24.3 Å². The predicted octanol–water partition coefficient (Wildman–Crippen LogP) is 4.51. The first kappa shape index (κ1) is 24.4. The molecule has 8 nitrogen and oxygen atoms in total. The fraction of sp³-hybridized carbons (Fsp3) is 0.250. The third-order valence-corrected chi connectivity index (χ3v) is 5.91. The van der Waals surface area contributed by atoms with Crippen LogP contribution >= 0.6 is 0 Å². The van der Waals surface area contributed by atoms with Crippen molar-refractivity contribution in [3.05, 3.63) is 60.3 Å². The number of benzene rings is 2. The van der Waals surface area contributed by atoms with Crippen LogP contribution in [-0.2, 0) is 4.79 Å². The molecular formula is C24H17F5N4O4. The highest BCUT2D eigenvalue weighted by Crippen LogP contribution is 2.37. The molecule has 4 aromatic rings. The Balaban J connectivity index is 1.46. The Bertz CT molecular complexity index is 1500. The maximum Gasteiger partial charge on any atom is 0.491 e. The number of halogens is 5. The van der Waals surface area contributed by atoms with E-state index >= 15 is 0 Å². The van der Waals surface area contributed by atoms with Crippen molar-refractivity contribution in [3.8, 4) is 11.6 Å². The molecule has 0 saturated carbocycles. The second kappa shape index (κ2) is 8.98. The Morgan fingerprint density at radius 3 is 2.62 bits per heavy atom. The first-order valence-electron chi connectivity index (χ1n) is 11.0. The van der Waals surface area contributed by atoms with Crippen molar-refractivity contribution in [2.45, 2.75) is 24.6 Å². The number of pyridine rings is 1. The number of carbonyl (C=O) groups excluding carboxylic acids is 2. The number of amides is 1. The number of aromatic nitrogens is 3. The number of fused-ring (bicyclic) bond motifs is 2. The van der Waals surface area contributed by atoms with Gasteiger partial charge in [0.1, 0.15) is 0 Å². The lowest BCUT2D eigenvalue weighted by atomic mass is 10.0. The van der Waals surface area contributed by atoms with Crippen molar-refractivity contribution in [2.24, 2.45) is 0 Å². The maximum atomic E-state index is 14.9. The molecule has 1 fully saturated rings. The van der Waals surface area contributed by atoms with Crippen molar-refractivity contribution >= 4 is 33.7 Å². The highest BCUT2D eigenvalue weighted by Gasteiger charge is 2.48. The Morgan fingerprint density at radius 1 is 1.08 bits per heavy atom. The molecule has 0 aliphatic carbocycles. The summed E-state index contributed by atoms with van der Waals surface area (Å²) in [6.45, 7) is -0.894. The van der Waals surface area contributed by atoms with Gasteiger partial charge in [-0.15, -0.1) is 0 Å². The minimum absolute atomic E-state index is 0.210. The third-order valence-electron chi connectivity index (χ3n) is 5.91. The van der Waals surface area contributed by atoms with E-state index in [2.05, 4.69) is 19.9 Å². The molecule has 5 rings (SSSR count). The summed E-state index contributed by atoms with van der Waals surface area (Å²) in [6.07, 6.45) is -6.58. The van der Waals surface area contributed by atoms with Crippen LogP contribution in [0.5, 0.6) is 11.6 Å². The van der Waals surface area contributed by atoms with Crippen LogP contribution in [-0.4, -0.2) is 63.3 Å². The second-order valence-electron chi connectivity index (χ2n) is 8.38. The monoisotopic (exact) mass is 520 g/mol. The summed E-state index contributed by atoms with van der Waals surface area (Å²) in [6, 6.07) is 12.0. The van der Waals surface area contributed by atoms with Crippen LogP contribution < -0.4 is 9.47 Å². The van der Waals surface area contributed by atoms with Crippen LogP contribution in [0.1, 0.15) is 16.8 Å². The zero-order valence-corrected chi connectivity index (χ0v) is 18.8. The highest BCUT2D eigenvalue weighted by molar-refractivity contribution is 6.05. The molecule has 192 valence electrons. The number of nitrogens with zero attached hydrogens (tertiary/aromatic N) is 3. The van der Waals surface area contributed by atoms with Crippen molar-refractivity contribution in [1.82, 2.24) is 20.1 Å². The predicted molar refractivity (Wildman–Crippen MR) is 119 cm³/mol. The van der Waals surface area contributed by atoms with Crippen LogP contribution in [0.3, 0.4) is 0 Å². The summed E-state index contributed by atoms with van der Waals surface area (Å²) in [7, 11) is 0. The minimum atomic E-state index is -5.34. The lowest BCUT2D eigenvalue weighted by Gasteiger charge is -2.38. The molecule has 1 amide bonds. The summed E-state index contributed by atoms with van der Waals surface area (Å²) in [5, 5.41) is 7.53. The van der Waals surface area contributed by atoms with E-state index in [9.17, 15) is 31.5 Å².